The maximum Gasteiger partial charge on any atom is 0.243 e. The summed E-state index contributed by atoms with van der Waals surface area (Å²) in [5, 5.41) is 3.12. The Morgan fingerprint density at radius 3 is 2.41 bits per heavy atom. The third-order valence-electron chi connectivity index (χ3n) is 6.39. The molecule has 2 saturated heterocycles. The fraction of sp³-hybridized carbons (Fsp3) is 0.682. The summed E-state index contributed by atoms with van der Waals surface area (Å²) in [6.07, 6.45) is 2.29. The lowest BCUT2D eigenvalue weighted by molar-refractivity contribution is -0.126. The summed E-state index contributed by atoms with van der Waals surface area (Å²) in [6.45, 7) is 11.9. The Morgan fingerprint density at radius 2 is 1.83 bits per heavy atom. The quantitative estimate of drug-likeness (QED) is 0.766. The van der Waals surface area contributed by atoms with Gasteiger partial charge in [0.2, 0.25) is 15.9 Å². The highest BCUT2D eigenvalue weighted by molar-refractivity contribution is 7.89. The summed E-state index contributed by atoms with van der Waals surface area (Å²) in [5.74, 6) is 0.506. The van der Waals surface area contributed by atoms with E-state index in [0.717, 1.165) is 37.2 Å². The molecule has 1 atom stereocenters. The van der Waals surface area contributed by atoms with E-state index in [1.807, 2.05) is 26.0 Å². The lowest BCUT2D eigenvalue weighted by Gasteiger charge is -2.31. The summed E-state index contributed by atoms with van der Waals surface area (Å²) in [7, 11) is -3.50. The monoisotopic (exact) mass is 421 g/mol. The molecule has 2 aliphatic heterocycles. The fourth-order valence-electron chi connectivity index (χ4n) is 4.47. The first-order valence-corrected chi connectivity index (χ1v) is 12.2. The van der Waals surface area contributed by atoms with Crippen molar-refractivity contribution >= 4 is 15.9 Å². The average molecular weight is 422 g/mol. The maximum absolute atomic E-state index is 13.0. The summed E-state index contributed by atoms with van der Waals surface area (Å²) >= 11 is 0. The van der Waals surface area contributed by atoms with Gasteiger partial charge < -0.3 is 10.2 Å². The van der Waals surface area contributed by atoms with Gasteiger partial charge in [0.25, 0.3) is 0 Å². The second-order valence-electron chi connectivity index (χ2n) is 8.94. The molecule has 0 radical (unpaired) electrons. The Labute approximate surface area is 175 Å². The SMILES string of the molecule is Cc1ccc(S(=O)(=O)N2CCC(C(=O)NCC3CCN(C(C)C)C3)CC2)c(C)c1. The number of amides is 1. The van der Waals surface area contributed by atoms with E-state index in [1.165, 1.54) is 4.31 Å². The van der Waals surface area contributed by atoms with Crippen LogP contribution in [0.5, 0.6) is 0 Å². The Morgan fingerprint density at radius 1 is 1.14 bits per heavy atom. The number of aryl methyl sites for hydroxylation is 2. The molecule has 1 unspecified atom stereocenters. The zero-order valence-electron chi connectivity index (χ0n) is 18.1. The van der Waals surface area contributed by atoms with Crippen molar-refractivity contribution in [2.75, 3.05) is 32.7 Å². The fourth-order valence-corrected chi connectivity index (χ4v) is 6.15. The number of carbonyl (C=O) groups excluding carboxylic acids is 1. The van der Waals surface area contributed by atoms with Crippen LogP contribution in [0.4, 0.5) is 0 Å². The molecule has 2 heterocycles. The smallest absolute Gasteiger partial charge is 0.243 e. The van der Waals surface area contributed by atoms with Gasteiger partial charge >= 0.3 is 0 Å². The molecule has 6 nitrogen and oxygen atoms in total. The normalized spacial score (nSPS) is 22.3. The molecule has 2 aliphatic rings. The first-order chi connectivity index (χ1) is 13.7. The summed E-state index contributed by atoms with van der Waals surface area (Å²) in [4.78, 5) is 15.4. The van der Waals surface area contributed by atoms with Gasteiger partial charge in [-0.1, -0.05) is 17.7 Å². The highest BCUT2D eigenvalue weighted by Gasteiger charge is 2.33. The summed E-state index contributed by atoms with van der Waals surface area (Å²) < 4.78 is 27.5. The molecule has 0 saturated carbocycles. The lowest BCUT2D eigenvalue weighted by atomic mass is 9.97. The molecule has 1 amide bonds. The number of nitrogens with zero attached hydrogens (tertiary/aromatic N) is 2. The number of hydrogen-bond donors (Lipinski definition) is 1. The van der Waals surface area contributed by atoms with Gasteiger partial charge in [0, 0.05) is 38.1 Å². The third kappa shape index (κ3) is 5.19. The van der Waals surface area contributed by atoms with Crippen molar-refractivity contribution in [1.82, 2.24) is 14.5 Å². The van der Waals surface area contributed by atoms with Crippen molar-refractivity contribution in [1.29, 1.82) is 0 Å². The van der Waals surface area contributed by atoms with Crippen LogP contribution in [0.15, 0.2) is 23.1 Å². The number of carbonyl (C=O) groups is 1. The Kier molecular flexibility index (Phi) is 7.02. The molecule has 3 rings (SSSR count). The molecule has 0 bridgehead atoms. The molecule has 1 N–H and O–H groups in total. The predicted molar refractivity (Wildman–Crippen MR) is 115 cm³/mol. The van der Waals surface area contributed by atoms with E-state index in [4.69, 9.17) is 0 Å². The zero-order valence-corrected chi connectivity index (χ0v) is 19.0. The second kappa shape index (κ2) is 9.14. The Hall–Kier alpha value is -1.44. The largest absolute Gasteiger partial charge is 0.356 e. The van der Waals surface area contributed by atoms with Crippen LogP contribution in [0, 0.1) is 25.7 Å². The van der Waals surface area contributed by atoms with Gasteiger partial charge in [-0.2, -0.15) is 4.31 Å². The van der Waals surface area contributed by atoms with Crippen LogP contribution >= 0.6 is 0 Å². The molecular weight excluding hydrogens is 386 g/mol. The number of rotatable bonds is 6. The van der Waals surface area contributed by atoms with Crippen LogP contribution in [-0.4, -0.2) is 62.3 Å². The van der Waals surface area contributed by atoms with Crippen molar-refractivity contribution < 1.29 is 13.2 Å². The molecule has 1 aromatic rings. The maximum atomic E-state index is 13.0. The van der Waals surface area contributed by atoms with Crippen molar-refractivity contribution in [2.45, 2.75) is 57.9 Å². The molecular formula is C22H35N3O3S. The topological polar surface area (TPSA) is 69.7 Å². The number of hydrogen-bond acceptors (Lipinski definition) is 4. The van der Waals surface area contributed by atoms with Crippen LogP contribution in [-0.2, 0) is 14.8 Å². The van der Waals surface area contributed by atoms with Crippen molar-refractivity contribution in [3.63, 3.8) is 0 Å². The molecule has 2 fully saturated rings. The van der Waals surface area contributed by atoms with Crippen molar-refractivity contribution in [2.24, 2.45) is 11.8 Å². The van der Waals surface area contributed by atoms with E-state index in [9.17, 15) is 13.2 Å². The molecule has 162 valence electrons. The highest BCUT2D eigenvalue weighted by Crippen LogP contribution is 2.26. The zero-order chi connectivity index (χ0) is 21.2. The average Bonchev–Trinajstić information content (AvgIpc) is 3.15. The highest BCUT2D eigenvalue weighted by atomic mass is 32.2. The summed E-state index contributed by atoms with van der Waals surface area (Å²) in [6, 6.07) is 5.99. The van der Waals surface area contributed by atoms with E-state index in [2.05, 4.69) is 24.1 Å². The van der Waals surface area contributed by atoms with E-state index >= 15 is 0 Å². The van der Waals surface area contributed by atoms with Crippen molar-refractivity contribution in [3.8, 4) is 0 Å². The minimum absolute atomic E-state index is 0.0801. The van der Waals surface area contributed by atoms with Crippen LogP contribution in [0.25, 0.3) is 0 Å². The van der Waals surface area contributed by atoms with E-state index in [-0.39, 0.29) is 11.8 Å². The van der Waals surface area contributed by atoms with Gasteiger partial charge in [-0.15, -0.1) is 0 Å². The van der Waals surface area contributed by atoms with Gasteiger partial charge in [-0.25, -0.2) is 8.42 Å². The van der Waals surface area contributed by atoms with Crippen LogP contribution in [0.1, 0.15) is 44.2 Å². The molecule has 0 aliphatic carbocycles. The van der Waals surface area contributed by atoms with Crippen LogP contribution in [0.2, 0.25) is 0 Å². The Balaban J connectivity index is 1.50. The third-order valence-corrected chi connectivity index (χ3v) is 8.44. The van der Waals surface area contributed by atoms with E-state index in [0.29, 0.717) is 42.8 Å². The molecule has 1 aromatic carbocycles. The van der Waals surface area contributed by atoms with Gasteiger partial charge in [-0.3, -0.25) is 4.79 Å². The number of piperidine rings is 1. The molecule has 7 heteroatoms. The van der Waals surface area contributed by atoms with Crippen molar-refractivity contribution in [3.05, 3.63) is 29.3 Å². The number of nitrogens with one attached hydrogen (secondary N) is 1. The standard InChI is InChI=1S/C22H35N3O3S/c1-16(2)24-10-7-19(15-24)14-23-22(26)20-8-11-25(12-9-20)29(27,28)21-6-5-17(3)13-18(21)4/h5-6,13,16,19-20H,7-12,14-15H2,1-4H3,(H,23,26). The minimum atomic E-state index is -3.50. The second-order valence-corrected chi connectivity index (χ2v) is 10.8. The Bertz CT molecular complexity index is 830. The molecule has 29 heavy (non-hydrogen) atoms. The molecule has 0 aromatic heterocycles. The summed E-state index contributed by atoms with van der Waals surface area (Å²) in [5.41, 5.74) is 1.83. The van der Waals surface area contributed by atoms with Gasteiger partial charge in [0.15, 0.2) is 0 Å². The first kappa shape index (κ1) is 22.2. The lowest BCUT2D eigenvalue weighted by Crippen LogP contribution is -2.44. The van der Waals surface area contributed by atoms with Gasteiger partial charge in [0.1, 0.15) is 0 Å². The van der Waals surface area contributed by atoms with Crippen LogP contribution in [0.3, 0.4) is 0 Å². The van der Waals surface area contributed by atoms with E-state index < -0.39 is 10.0 Å². The minimum Gasteiger partial charge on any atom is -0.356 e. The van der Waals surface area contributed by atoms with Gasteiger partial charge in [-0.05, 0) is 71.0 Å². The number of likely N-dealkylation sites (tertiary alicyclic amines) is 1. The molecule has 0 spiro atoms. The first-order valence-electron chi connectivity index (χ1n) is 10.8. The predicted octanol–water partition coefficient (Wildman–Crippen LogP) is 2.55. The van der Waals surface area contributed by atoms with E-state index in [1.54, 1.807) is 6.07 Å². The van der Waals surface area contributed by atoms with Crippen LogP contribution < -0.4 is 5.32 Å². The number of sulfonamides is 1. The van der Waals surface area contributed by atoms with Gasteiger partial charge in [0.05, 0.1) is 4.90 Å². The number of benzene rings is 1.